The number of rotatable bonds is 4. The predicted octanol–water partition coefficient (Wildman–Crippen LogP) is 5.29. The van der Waals surface area contributed by atoms with Crippen LogP contribution in [-0.2, 0) is 13.2 Å². The lowest BCUT2D eigenvalue weighted by Crippen LogP contribution is -2.50. The van der Waals surface area contributed by atoms with Crippen molar-refractivity contribution in [3.63, 3.8) is 0 Å². The molecule has 1 aliphatic heterocycles. The maximum Gasteiger partial charge on any atom is 0.417 e. The first kappa shape index (κ1) is 23.6. The summed E-state index contributed by atoms with van der Waals surface area (Å²) in [6, 6.07) is 10.5. The molecule has 2 aromatic carbocycles. The summed E-state index contributed by atoms with van der Waals surface area (Å²) in [6.07, 6.45) is -2.64. The minimum atomic E-state index is -4.73. The van der Waals surface area contributed by atoms with Crippen LogP contribution >= 0.6 is 23.2 Å². The van der Waals surface area contributed by atoms with Gasteiger partial charge in [0.1, 0.15) is 0 Å². The molecular weight excluding hydrogens is 476 g/mol. The Morgan fingerprint density at radius 2 is 1.91 bits per heavy atom. The van der Waals surface area contributed by atoms with Crippen molar-refractivity contribution in [2.45, 2.75) is 24.6 Å². The van der Waals surface area contributed by atoms with Crippen molar-refractivity contribution >= 4 is 29.1 Å². The molecule has 0 unspecified atom stereocenters. The Labute approximate surface area is 198 Å². The SMILES string of the molecule is Cn1ncc(Cl)c1-c1ccc(C(=O)N[C@@H]2CNCC[C@H]2c2ccc(Cl)cc2)c(C(F)(F)F)c1. The highest BCUT2D eigenvalue weighted by Crippen LogP contribution is 2.37. The summed E-state index contributed by atoms with van der Waals surface area (Å²) < 4.78 is 43.2. The van der Waals surface area contributed by atoms with Crippen LogP contribution < -0.4 is 10.6 Å². The second kappa shape index (κ2) is 9.37. The van der Waals surface area contributed by atoms with Gasteiger partial charge in [0.2, 0.25) is 0 Å². The fourth-order valence-corrected chi connectivity index (χ4v) is 4.63. The molecule has 0 saturated carbocycles. The van der Waals surface area contributed by atoms with Gasteiger partial charge >= 0.3 is 6.18 Å². The van der Waals surface area contributed by atoms with E-state index in [9.17, 15) is 18.0 Å². The van der Waals surface area contributed by atoms with Gasteiger partial charge in [-0.15, -0.1) is 0 Å². The number of carbonyl (C=O) groups is 1. The summed E-state index contributed by atoms with van der Waals surface area (Å²) in [5.74, 6) is -0.827. The van der Waals surface area contributed by atoms with E-state index < -0.39 is 23.2 Å². The van der Waals surface area contributed by atoms with E-state index in [1.54, 1.807) is 19.2 Å². The van der Waals surface area contributed by atoms with Crippen LogP contribution in [0, 0.1) is 0 Å². The first-order valence-electron chi connectivity index (χ1n) is 10.3. The molecule has 10 heteroatoms. The molecule has 0 spiro atoms. The van der Waals surface area contributed by atoms with Crippen LogP contribution in [0.25, 0.3) is 11.3 Å². The van der Waals surface area contributed by atoms with Crippen molar-refractivity contribution in [3.8, 4) is 11.3 Å². The number of carbonyl (C=O) groups excluding carboxylic acids is 1. The van der Waals surface area contributed by atoms with Gasteiger partial charge in [0.05, 0.1) is 28.0 Å². The van der Waals surface area contributed by atoms with E-state index in [4.69, 9.17) is 23.2 Å². The maximum atomic E-state index is 13.9. The van der Waals surface area contributed by atoms with Gasteiger partial charge in [-0.25, -0.2) is 0 Å². The van der Waals surface area contributed by atoms with Crippen LogP contribution in [0.2, 0.25) is 10.0 Å². The largest absolute Gasteiger partial charge is 0.417 e. The molecule has 1 saturated heterocycles. The molecular formula is C23H21Cl2F3N4O. The molecule has 33 heavy (non-hydrogen) atoms. The Kier molecular flexibility index (Phi) is 6.70. The molecule has 1 aromatic heterocycles. The molecule has 1 aliphatic rings. The molecule has 2 heterocycles. The van der Waals surface area contributed by atoms with Crippen LogP contribution in [-0.4, -0.2) is 34.8 Å². The first-order chi connectivity index (χ1) is 15.6. The second-order valence-electron chi connectivity index (χ2n) is 7.95. The van der Waals surface area contributed by atoms with Crippen LogP contribution in [0.4, 0.5) is 13.2 Å². The zero-order chi connectivity index (χ0) is 23.8. The van der Waals surface area contributed by atoms with Crippen LogP contribution in [0.1, 0.15) is 33.8 Å². The zero-order valence-electron chi connectivity index (χ0n) is 17.6. The molecule has 1 amide bonds. The molecule has 0 radical (unpaired) electrons. The number of aryl methyl sites for hydroxylation is 1. The number of amides is 1. The van der Waals surface area contributed by atoms with Crippen LogP contribution in [0.5, 0.6) is 0 Å². The minimum absolute atomic E-state index is 0.0469. The lowest BCUT2D eigenvalue weighted by molar-refractivity contribution is -0.137. The lowest BCUT2D eigenvalue weighted by Gasteiger charge is -2.33. The highest BCUT2D eigenvalue weighted by Gasteiger charge is 2.37. The first-order valence-corrected chi connectivity index (χ1v) is 11.1. The topological polar surface area (TPSA) is 59.0 Å². The number of benzene rings is 2. The fraction of sp³-hybridized carbons (Fsp3) is 0.304. The van der Waals surface area contributed by atoms with Gasteiger partial charge in [0, 0.05) is 36.1 Å². The van der Waals surface area contributed by atoms with E-state index in [-0.39, 0.29) is 22.5 Å². The predicted molar refractivity (Wildman–Crippen MR) is 122 cm³/mol. The summed E-state index contributed by atoms with van der Waals surface area (Å²) in [5.41, 5.74) is 0.0747. The van der Waals surface area contributed by atoms with Crippen molar-refractivity contribution in [3.05, 3.63) is 75.4 Å². The molecule has 3 aromatic rings. The van der Waals surface area contributed by atoms with Crippen molar-refractivity contribution in [2.75, 3.05) is 13.1 Å². The van der Waals surface area contributed by atoms with Gasteiger partial charge in [0.25, 0.3) is 5.91 Å². The summed E-state index contributed by atoms with van der Waals surface area (Å²) in [7, 11) is 1.59. The quantitative estimate of drug-likeness (QED) is 0.515. The smallest absolute Gasteiger partial charge is 0.347 e. The monoisotopic (exact) mass is 496 g/mol. The Hall–Kier alpha value is -2.55. The lowest BCUT2D eigenvalue weighted by atomic mass is 9.86. The van der Waals surface area contributed by atoms with Gasteiger partial charge in [-0.2, -0.15) is 18.3 Å². The number of piperidine rings is 1. The zero-order valence-corrected chi connectivity index (χ0v) is 19.1. The Balaban J connectivity index is 1.65. The molecule has 2 N–H and O–H groups in total. The van der Waals surface area contributed by atoms with E-state index in [2.05, 4.69) is 15.7 Å². The van der Waals surface area contributed by atoms with E-state index in [1.165, 1.54) is 23.0 Å². The van der Waals surface area contributed by atoms with Crippen molar-refractivity contribution in [2.24, 2.45) is 7.05 Å². The average Bonchev–Trinajstić information content (AvgIpc) is 3.11. The molecule has 0 bridgehead atoms. The minimum Gasteiger partial charge on any atom is -0.347 e. The number of halogens is 5. The molecule has 1 fully saturated rings. The van der Waals surface area contributed by atoms with Crippen LogP contribution in [0.15, 0.2) is 48.7 Å². The molecule has 0 aliphatic carbocycles. The average molecular weight is 497 g/mol. The highest BCUT2D eigenvalue weighted by molar-refractivity contribution is 6.33. The highest BCUT2D eigenvalue weighted by atomic mass is 35.5. The number of hydrogen-bond donors (Lipinski definition) is 2. The summed E-state index contributed by atoms with van der Waals surface area (Å²) in [4.78, 5) is 13.0. The summed E-state index contributed by atoms with van der Waals surface area (Å²) >= 11 is 12.1. The van der Waals surface area contributed by atoms with Crippen molar-refractivity contribution < 1.29 is 18.0 Å². The van der Waals surface area contributed by atoms with Gasteiger partial charge in [-0.1, -0.05) is 41.4 Å². The molecule has 4 rings (SSSR count). The Bertz CT molecular complexity index is 1140. The van der Waals surface area contributed by atoms with Crippen LogP contribution in [0.3, 0.4) is 0 Å². The number of nitrogens with zero attached hydrogens (tertiary/aromatic N) is 2. The maximum absolute atomic E-state index is 13.9. The number of hydrogen-bond acceptors (Lipinski definition) is 3. The third kappa shape index (κ3) is 5.03. The third-order valence-corrected chi connectivity index (χ3v) is 6.36. The van der Waals surface area contributed by atoms with Gasteiger partial charge in [-0.3, -0.25) is 9.48 Å². The van der Waals surface area contributed by atoms with Crippen molar-refractivity contribution in [1.82, 2.24) is 20.4 Å². The third-order valence-electron chi connectivity index (χ3n) is 5.83. The summed E-state index contributed by atoms with van der Waals surface area (Å²) in [6.45, 7) is 1.19. The molecule has 5 nitrogen and oxygen atoms in total. The van der Waals surface area contributed by atoms with Gasteiger partial charge in [0.15, 0.2) is 0 Å². The van der Waals surface area contributed by atoms with E-state index in [1.807, 2.05) is 12.1 Å². The second-order valence-corrected chi connectivity index (χ2v) is 8.80. The van der Waals surface area contributed by atoms with Gasteiger partial charge < -0.3 is 10.6 Å². The van der Waals surface area contributed by atoms with E-state index in [0.717, 1.165) is 24.6 Å². The molecule has 2 atom stereocenters. The van der Waals surface area contributed by atoms with Gasteiger partial charge in [-0.05, 0) is 42.8 Å². The Morgan fingerprint density at radius 1 is 1.18 bits per heavy atom. The number of alkyl halides is 3. The fourth-order valence-electron chi connectivity index (χ4n) is 4.22. The number of nitrogens with one attached hydrogen (secondary N) is 2. The summed E-state index contributed by atoms with van der Waals surface area (Å²) in [5, 5.41) is 10.8. The van der Waals surface area contributed by atoms with E-state index >= 15 is 0 Å². The normalized spacial score (nSPS) is 18.8. The standard InChI is InChI=1S/C23H21Cl2F3N4O/c1-32-21(19(25)11-30-32)14-4-7-17(18(10-14)23(26,27)28)22(33)31-20-12-29-9-8-16(20)13-2-5-15(24)6-3-13/h2-7,10-11,16,20,29H,8-9,12H2,1H3,(H,31,33)/t16-,20+/m0/s1. The van der Waals surface area contributed by atoms with Crippen molar-refractivity contribution in [1.29, 1.82) is 0 Å². The molecule has 174 valence electrons. The van der Waals surface area contributed by atoms with E-state index in [0.29, 0.717) is 17.3 Å². The Morgan fingerprint density at radius 3 is 2.55 bits per heavy atom. The number of aromatic nitrogens is 2.